The van der Waals surface area contributed by atoms with Crippen LogP contribution < -0.4 is 11.5 Å². The van der Waals surface area contributed by atoms with E-state index in [-0.39, 0.29) is 19.5 Å². The van der Waals surface area contributed by atoms with E-state index in [1.165, 1.54) is 0 Å². The second kappa shape index (κ2) is 13.6. The van der Waals surface area contributed by atoms with Crippen LogP contribution in [-0.2, 0) is 24.3 Å². The second-order valence-corrected chi connectivity index (χ2v) is 6.06. The first-order chi connectivity index (χ1) is 13.6. The van der Waals surface area contributed by atoms with Gasteiger partial charge in [-0.05, 0) is 55.8 Å². The number of pyridine rings is 3. The second-order valence-electron chi connectivity index (χ2n) is 6.06. The number of nitrogens with two attached hydrogens (primary N) is 2. The van der Waals surface area contributed by atoms with Gasteiger partial charge in [-0.3, -0.25) is 19.7 Å². The minimum Gasteiger partial charge on any atom is -0.480 e. The van der Waals surface area contributed by atoms with Crippen LogP contribution in [0.1, 0.15) is 19.3 Å². The zero-order valence-corrected chi connectivity index (χ0v) is 17.7. The van der Waals surface area contributed by atoms with Gasteiger partial charge in [0.15, 0.2) is 0 Å². The number of rotatable bonds is 7. The number of unbranched alkanes of at least 4 members (excludes halogenated alkanes) is 1. The van der Waals surface area contributed by atoms with Crippen LogP contribution in [0.3, 0.4) is 0 Å². The Kier molecular flexibility index (Phi) is 11.5. The van der Waals surface area contributed by atoms with Crippen molar-refractivity contribution in [2.75, 3.05) is 6.54 Å². The largest absolute Gasteiger partial charge is 0.480 e. The minimum absolute atomic E-state index is 0. The van der Waals surface area contributed by atoms with Gasteiger partial charge in [-0.2, -0.15) is 0 Å². The van der Waals surface area contributed by atoms with Crippen molar-refractivity contribution in [2.45, 2.75) is 25.3 Å². The Labute approximate surface area is 183 Å². The van der Waals surface area contributed by atoms with Crippen LogP contribution in [0.2, 0.25) is 0 Å². The summed E-state index contributed by atoms with van der Waals surface area (Å²) in [7, 11) is 0. The third-order valence-electron chi connectivity index (χ3n) is 3.94. The smallest absolute Gasteiger partial charge is 0.320 e. The van der Waals surface area contributed by atoms with Crippen LogP contribution in [0.25, 0.3) is 22.6 Å². The Bertz CT molecular complexity index is 791. The maximum Gasteiger partial charge on any atom is 0.320 e. The fourth-order valence-corrected chi connectivity index (χ4v) is 2.47. The number of aliphatic carboxylic acids is 1. The molecule has 5 N–H and O–H groups in total. The predicted molar refractivity (Wildman–Crippen MR) is 109 cm³/mol. The first kappa shape index (κ1) is 24.5. The van der Waals surface area contributed by atoms with E-state index in [0.29, 0.717) is 13.0 Å². The van der Waals surface area contributed by atoms with Crippen LogP contribution >= 0.6 is 0 Å². The van der Waals surface area contributed by atoms with E-state index >= 15 is 0 Å². The molecule has 0 amide bonds. The maximum absolute atomic E-state index is 10.1. The Morgan fingerprint density at radius 2 is 1.52 bits per heavy atom. The van der Waals surface area contributed by atoms with E-state index in [1.54, 1.807) is 18.6 Å². The van der Waals surface area contributed by atoms with Crippen molar-refractivity contribution < 1.29 is 29.4 Å². The van der Waals surface area contributed by atoms with Gasteiger partial charge in [0.05, 0.1) is 17.1 Å². The van der Waals surface area contributed by atoms with Gasteiger partial charge in [0.25, 0.3) is 0 Å². The molecule has 0 aliphatic carbocycles. The number of carboxylic acid groups (broad SMARTS) is 1. The van der Waals surface area contributed by atoms with Crippen molar-refractivity contribution in [3.8, 4) is 22.6 Å². The van der Waals surface area contributed by atoms with Crippen LogP contribution in [-0.4, -0.2) is 38.6 Å². The molecule has 154 valence electrons. The van der Waals surface area contributed by atoms with Gasteiger partial charge >= 0.3 is 5.97 Å². The average Bonchev–Trinajstić information content (AvgIpc) is 2.75. The minimum atomic E-state index is -0.933. The van der Waals surface area contributed by atoms with Gasteiger partial charge in [0, 0.05) is 43.6 Å². The molecule has 1 unspecified atom stereocenters. The molecule has 7 nitrogen and oxygen atoms in total. The van der Waals surface area contributed by atoms with Gasteiger partial charge in [-0.15, -0.1) is 0 Å². The summed E-state index contributed by atoms with van der Waals surface area (Å²) in [6, 6.07) is 14.9. The monoisotopic (exact) mass is 481 g/mol. The molecule has 0 aliphatic heterocycles. The van der Waals surface area contributed by atoms with Crippen molar-refractivity contribution in [3.63, 3.8) is 0 Å². The van der Waals surface area contributed by atoms with Crippen LogP contribution in [0.4, 0.5) is 0 Å². The quantitative estimate of drug-likeness (QED) is 0.350. The number of carbonyl (C=O) groups is 1. The molecule has 3 heterocycles. The molecule has 1 atom stereocenters. The topological polar surface area (TPSA) is 128 Å². The molecule has 0 saturated carbocycles. The number of carboxylic acids is 1. The molecule has 29 heavy (non-hydrogen) atoms. The maximum atomic E-state index is 10.1. The van der Waals surface area contributed by atoms with Crippen LogP contribution in [0, 0.1) is 0 Å². The van der Waals surface area contributed by atoms with Crippen molar-refractivity contribution in [1.29, 1.82) is 0 Å². The zero-order valence-electron chi connectivity index (χ0n) is 16.0. The summed E-state index contributed by atoms with van der Waals surface area (Å²) in [5.41, 5.74) is 14.0. The summed E-state index contributed by atoms with van der Waals surface area (Å²) >= 11 is 0. The fourth-order valence-electron chi connectivity index (χ4n) is 2.47. The van der Waals surface area contributed by atoms with E-state index < -0.39 is 12.0 Å². The molecule has 0 radical (unpaired) electrons. The van der Waals surface area contributed by atoms with Crippen molar-refractivity contribution in [3.05, 3.63) is 67.1 Å². The molecule has 0 aliphatic rings. The number of hydrogen-bond donors (Lipinski definition) is 3. The van der Waals surface area contributed by atoms with E-state index in [4.69, 9.17) is 16.6 Å². The summed E-state index contributed by atoms with van der Waals surface area (Å²) < 4.78 is 0. The molecule has 3 aromatic heterocycles. The van der Waals surface area contributed by atoms with Gasteiger partial charge in [-0.1, -0.05) is 18.6 Å². The van der Waals surface area contributed by atoms with Crippen molar-refractivity contribution in [2.24, 2.45) is 11.5 Å². The zero-order chi connectivity index (χ0) is 20.2. The number of nitrogens with zero attached hydrogens (tertiary/aromatic N) is 3. The molecular weight excluding hydrogens is 455 g/mol. The third kappa shape index (κ3) is 8.15. The van der Waals surface area contributed by atoms with Gasteiger partial charge < -0.3 is 16.6 Å². The first-order valence-corrected chi connectivity index (χ1v) is 9.09. The Hall–Kier alpha value is -2.54. The molecule has 3 rings (SSSR count). The van der Waals surface area contributed by atoms with E-state index in [0.717, 1.165) is 35.5 Å². The summed E-state index contributed by atoms with van der Waals surface area (Å²) in [5, 5.41) is 8.33. The van der Waals surface area contributed by atoms with Gasteiger partial charge in [-0.25, -0.2) is 0 Å². The Morgan fingerprint density at radius 1 is 0.897 bits per heavy atom. The summed E-state index contributed by atoms with van der Waals surface area (Å²) in [6.45, 7) is 0.604. The standard InChI is InChI=1S/C15H11N3.C6H14N2O2.Ru/c1-3-9-16-13(7-1)12-6-5-11-18-15(12)14-8-2-4-10-17-14;7-4-2-1-3-5(8)6(9)10;/h1-11H;5H,1-4,7-8H2,(H,9,10);. The summed E-state index contributed by atoms with van der Waals surface area (Å²) in [5.74, 6) is -0.933. The van der Waals surface area contributed by atoms with Gasteiger partial charge in [0.1, 0.15) is 6.04 Å². The Morgan fingerprint density at radius 3 is 2.07 bits per heavy atom. The third-order valence-corrected chi connectivity index (χ3v) is 3.94. The molecule has 0 aromatic carbocycles. The fraction of sp³-hybridized carbons (Fsp3) is 0.238. The van der Waals surface area contributed by atoms with E-state index in [1.807, 2.05) is 48.5 Å². The van der Waals surface area contributed by atoms with E-state index in [9.17, 15) is 4.79 Å². The molecule has 0 fully saturated rings. The molecular formula is C21H25N5O2Ru. The molecule has 0 spiro atoms. The average molecular weight is 481 g/mol. The van der Waals surface area contributed by atoms with Crippen molar-refractivity contribution in [1.82, 2.24) is 15.0 Å². The predicted octanol–water partition coefficient (Wildman–Crippen LogP) is 2.73. The van der Waals surface area contributed by atoms with E-state index in [2.05, 4.69) is 15.0 Å². The number of hydrogen-bond acceptors (Lipinski definition) is 6. The molecule has 3 aromatic rings. The van der Waals surface area contributed by atoms with Crippen LogP contribution in [0.5, 0.6) is 0 Å². The van der Waals surface area contributed by atoms with Crippen molar-refractivity contribution >= 4 is 5.97 Å². The summed E-state index contributed by atoms with van der Waals surface area (Å²) in [6.07, 6.45) is 7.49. The normalized spacial score (nSPS) is 10.8. The molecule has 8 heteroatoms. The first-order valence-electron chi connectivity index (χ1n) is 9.09. The van der Waals surface area contributed by atoms with Crippen LogP contribution in [0.15, 0.2) is 67.1 Å². The SMILES string of the molecule is NCCCCC(N)C(=O)O.[Ru].c1ccc(-c2cccnc2-c2ccccn2)nc1. The summed E-state index contributed by atoms with van der Waals surface area (Å²) in [4.78, 5) is 23.3. The molecule has 0 bridgehead atoms. The molecule has 0 saturated heterocycles. The Balaban J connectivity index is 0.000000332. The number of aromatic nitrogens is 3. The van der Waals surface area contributed by atoms with Gasteiger partial charge in [0.2, 0.25) is 0 Å².